The molecule has 0 amide bonds. The maximum Gasteiger partial charge on any atom is 0.127 e. The van der Waals surface area contributed by atoms with E-state index >= 15 is 0 Å². The standard InChI is InChI=1S/C17H22FN3/c1-4-11(2)15-9-16(20-10-19)21-17(12(15)3)13-5-7-14(18)8-6-13/h5-9,11H,4,10,19H2,1-3H3,(H,20,21). The van der Waals surface area contributed by atoms with E-state index < -0.39 is 0 Å². The summed E-state index contributed by atoms with van der Waals surface area (Å²) in [6, 6.07) is 8.50. The summed E-state index contributed by atoms with van der Waals surface area (Å²) in [5.41, 5.74) is 9.75. The van der Waals surface area contributed by atoms with Gasteiger partial charge in [0.25, 0.3) is 0 Å². The number of nitrogens with two attached hydrogens (primary N) is 1. The van der Waals surface area contributed by atoms with Crippen LogP contribution >= 0.6 is 0 Å². The molecule has 3 nitrogen and oxygen atoms in total. The lowest BCUT2D eigenvalue weighted by Gasteiger charge is -2.18. The number of anilines is 1. The average Bonchev–Trinajstić information content (AvgIpc) is 2.49. The van der Waals surface area contributed by atoms with Crippen LogP contribution in [0.1, 0.15) is 37.3 Å². The van der Waals surface area contributed by atoms with Crippen molar-refractivity contribution in [3.8, 4) is 11.3 Å². The zero-order valence-corrected chi connectivity index (χ0v) is 12.8. The van der Waals surface area contributed by atoms with Crippen LogP contribution in [-0.2, 0) is 0 Å². The highest BCUT2D eigenvalue weighted by Crippen LogP contribution is 2.31. The summed E-state index contributed by atoms with van der Waals surface area (Å²) in [6.07, 6.45) is 1.05. The number of benzene rings is 1. The molecule has 0 saturated carbocycles. The molecule has 1 atom stereocenters. The molecular weight excluding hydrogens is 265 g/mol. The second kappa shape index (κ2) is 6.68. The second-order valence-corrected chi connectivity index (χ2v) is 5.27. The first-order valence-corrected chi connectivity index (χ1v) is 7.28. The van der Waals surface area contributed by atoms with Gasteiger partial charge in [-0.15, -0.1) is 0 Å². The molecule has 0 radical (unpaired) electrons. The van der Waals surface area contributed by atoms with Crippen LogP contribution in [0.2, 0.25) is 0 Å². The van der Waals surface area contributed by atoms with Gasteiger partial charge in [-0.25, -0.2) is 9.37 Å². The van der Waals surface area contributed by atoms with Crippen LogP contribution in [0.5, 0.6) is 0 Å². The lowest BCUT2D eigenvalue weighted by molar-refractivity contribution is 0.628. The van der Waals surface area contributed by atoms with Gasteiger partial charge in [-0.1, -0.05) is 13.8 Å². The molecule has 1 aromatic carbocycles. The Morgan fingerprint density at radius 1 is 1.29 bits per heavy atom. The fourth-order valence-electron chi connectivity index (χ4n) is 2.44. The lowest BCUT2D eigenvalue weighted by atomic mass is 9.92. The van der Waals surface area contributed by atoms with Gasteiger partial charge in [0, 0.05) is 5.56 Å². The predicted octanol–water partition coefficient (Wildman–Crippen LogP) is 4.04. The predicted molar refractivity (Wildman–Crippen MR) is 85.8 cm³/mol. The third-order valence-corrected chi connectivity index (χ3v) is 3.86. The smallest absolute Gasteiger partial charge is 0.127 e. The van der Waals surface area contributed by atoms with E-state index in [4.69, 9.17) is 5.73 Å². The molecule has 0 aliphatic heterocycles. The highest BCUT2D eigenvalue weighted by Gasteiger charge is 2.14. The third-order valence-electron chi connectivity index (χ3n) is 3.86. The number of hydrogen-bond acceptors (Lipinski definition) is 3. The van der Waals surface area contributed by atoms with Gasteiger partial charge < -0.3 is 11.1 Å². The summed E-state index contributed by atoms with van der Waals surface area (Å²) in [4.78, 5) is 4.63. The molecule has 3 N–H and O–H groups in total. The highest BCUT2D eigenvalue weighted by atomic mass is 19.1. The molecule has 0 aliphatic rings. The van der Waals surface area contributed by atoms with Crippen molar-refractivity contribution in [2.45, 2.75) is 33.1 Å². The molecule has 0 fully saturated rings. The quantitative estimate of drug-likeness (QED) is 0.816. The van der Waals surface area contributed by atoms with Crippen molar-refractivity contribution in [2.24, 2.45) is 5.73 Å². The minimum absolute atomic E-state index is 0.241. The van der Waals surface area contributed by atoms with Crippen molar-refractivity contribution in [2.75, 3.05) is 12.0 Å². The number of pyridine rings is 1. The monoisotopic (exact) mass is 287 g/mol. The maximum absolute atomic E-state index is 13.1. The Morgan fingerprint density at radius 3 is 2.52 bits per heavy atom. The number of rotatable bonds is 5. The molecule has 112 valence electrons. The number of nitrogens with one attached hydrogen (secondary N) is 1. The first-order chi connectivity index (χ1) is 10.1. The van der Waals surface area contributed by atoms with Gasteiger partial charge >= 0.3 is 0 Å². The maximum atomic E-state index is 13.1. The Labute approximate surface area is 125 Å². The topological polar surface area (TPSA) is 50.9 Å². The molecule has 1 heterocycles. The molecule has 2 aromatic rings. The normalized spacial score (nSPS) is 12.2. The zero-order chi connectivity index (χ0) is 15.4. The number of hydrogen-bond donors (Lipinski definition) is 2. The van der Waals surface area contributed by atoms with E-state index in [9.17, 15) is 4.39 Å². The summed E-state index contributed by atoms with van der Waals surface area (Å²) in [7, 11) is 0. The Hall–Kier alpha value is -1.94. The Kier molecular flexibility index (Phi) is 4.91. The minimum atomic E-state index is -0.241. The number of halogens is 1. The Morgan fingerprint density at radius 2 is 1.95 bits per heavy atom. The molecular formula is C17H22FN3. The van der Waals surface area contributed by atoms with E-state index in [2.05, 4.69) is 37.1 Å². The van der Waals surface area contributed by atoms with Crippen LogP contribution in [-0.4, -0.2) is 11.7 Å². The van der Waals surface area contributed by atoms with Crippen molar-refractivity contribution in [1.82, 2.24) is 4.98 Å². The highest BCUT2D eigenvalue weighted by molar-refractivity contribution is 5.67. The molecule has 0 bridgehead atoms. The van der Waals surface area contributed by atoms with Crippen LogP contribution in [0.25, 0.3) is 11.3 Å². The van der Waals surface area contributed by atoms with E-state index in [-0.39, 0.29) is 5.82 Å². The van der Waals surface area contributed by atoms with Gasteiger partial charge in [-0.3, -0.25) is 0 Å². The molecule has 0 saturated heterocycles. The fourth-order valence-corrected chi connectivity index (χ4v) is 2.44. The van der Waals surface area contributed by atoms with Crippen molar-refractivity contribution >= 4 is 5.82 Å². The molecule has 2 rings (SSSR count). The second-order valence-electron chi connectivity index (χ2n) is 5.27. The summed E-state index contributed by atoms with van der Waals surface area (Å²) >= 11 is 0. The fraction of sp³-hybridized carbons (Fsp3) is 0.353. The minimum Gasteiger partial charge on any atom is -0.358 e. The summed E-state index contributed by atoms with van der Waals surface area (Å²) in [5, 5.41) is 3.07. The van der Waals surface area contributed by atoms with Crippen LogP contribution in [0.3, 0.4) is 0 Å². The lowest BCUT2D eigenvalue weighted by Crippen LogP contribution is -2.13. The van der Waals surface area contributed by atoms with Gasteiger partial charge in [0.2, 0.25) is 0 Å². The van der Waals surface area contributed by atoms with Crippen LogP contribution in [0.4, 0.5) is 10.2 Å². The van der Waals surface area contributed by atoms with Gasteiger partial charge in [0.15, 0.2) is 0 Å². The van der Waals surface area contributed by atoms with E-state index in [1.807, 2.05) is 0 Å². The zero-order valence-electron chi connectivity index (χ0n) is 12.8. The molecule has 1 unspecified atom stereocenters. The molecule has 0 aliphatic carbocycles. The molecule has 1 aromatic heterocycles. The molecule has 4 heteroatoms. The first kappa shape index (κ1) is 15.4. The van der Waals surface area contributed by atoms with E-state index in [1.54, 1.807) is 12.1 Å². The molecule has 21 heavy (non-hydrogen) atoms. The van der Waals surface area contributed by atoms with Gasteiger partial charge in [0.05, 0.1) is 12.4 Å². The van der Waals surface area contributed by atoms with Crippen molar-refractivity contribution in [3.05, 3.63) is 47.3 Å². The van der Waals surface area contributed by atoms with E-state index in [0.29, 0.717) is 12.6 Å². The summed E-state index contributed by atoms with van der Waals surface area (Å²) in [5.74, 6) is 0.957. The van der Waals surface area contributed by atoms with Crippen molar-refractivity contribution < 1.29 is 4.39 Å². The van der Waals surface area contributed by atoms with Crippen LogP contribution < -0.4 is 11.1 Å². The largest absolute Gasteiger partial charge is 0.358 e. The summed E-state index contributed by atoms with van der Waals surface area (Å²) < 4.78 is 13.1. The number of aromatic nitrogens is 1. The Balaban J connectivity index is 2.57. The first-order valence-electron chi connectivity index (χ1n) is 7.28. The average molecular weight is 287 g/mol. The van der Waals surface area contributed by atoms with Crippen LogP contribution in [0, 0.1) is 12.7 Å². The van der Waals surface area contributed by atoms with E-state index in [0.717, 1.165) is 29.1 Å². The SMILES string of the molecule is CCC(C)c1cc(NCN)nc(-c2ccc(F)cc2)c1C. The van der Waals surface area contributed by atoms with Gasteiger partial charge in [-0.05, 0) is 60.7 Å². The van der Waals surface area contributed by atoms with Gasteiger partial charge in [0.1, 0.15) is 11.6 Å². The number of nitrogens with zero attached hydrogens (tertiary/aromatic N) is 1. The summed E-state index contributed by atoms with van der Waals surface area (Å²) in [6.45, 7) is 6.76. The van der Waals surface area contributed by atoms with Gasteiger partial charge in [-0.2, -0.15) is 0 Å². The van der Waals surface area contributed by atoms with Crippen LogP contribution in [0.15, 0.2) is 30.3 Å². The Bertz CT molecular complexity index is 608. The van der Waals surface area contributed by atoms with Crippen molar-refractivity contribution in [3.63, 3.8) is 0 Å². The molecule has 0 spiro atoms. The van der Waals surface area contributed by atoms with E-state index in [1.165, 1.54) is 17.7 Å². The third kappa shape index (κ3) is 3.39. The van der Waals surface area contributed by atoms with Crippen molar-refractivity contribution in [1.29, 1.82) is 0 Å².